The van der Waals surface area contributed by atoms with Gasteiger partial charge in [-0.1, -0.05) is 32.6 Å². The number of allylic oxidation sites excluding steroid dienone is 4. The number of likely N-dealkylation sites (tertiary alicyclic amines) is 1. The van der Waals surface area contributed by atoms with Gasteiger partial charge in [0.05, 0.1) is 0 Å². The van der Waals surface area contributed by atoms with Gasteiger partial charge >= 0.3 is 0 Å². The zero-order valence-corrected chi connectivity index (χ0v) is 16.6. The summed E-state index contributed by atoms with van der Waals surface area (Å²) in [6, 6.07) is 0.925. The second-order valence-electron chi connectivity index (χ2n) is 4.94. The van der Waals surface area contributed by atoms with Crippen LogP contribution >= 0.6 is 0 Å². The van der Waals surface area contributed by atoms with Crippen molar-refractivity contribution in [1.29, 1.82) is 0 Å². The monoisotopic (exact) mass is 369 g/mol. The number of piperidine rings is 1. The quantitative estimate of drug-likeness (QED) is 0.493. The van der Waals surface area contributed by atoms with Gasteiger partial charge in [-0.25, -0.2) is 0 Å². The first-order chi connectivity index (χ1) is 12.5. The number of carbonyl (C=O) groups is 3. The van der Waals surface area contributed by atoms with Crippen molar-refractivity contribution in [3.8, 4) is 0 Å². The Hall–Kier alpha value is -2.41. The number of hydrogen-bond donors (Lipinski definition) is 3. The summed E-state index contributed by atoms with van der Waals surface area (Å²) in [7, 11) is 1.95. The van der Waals surface area contributed by atoms with E-state index in [2.05, 4.69) is 24.1 Å². The molecular weight excluding hydrogens is 334 g/mol. The largest absolute Gasteiger partial charge is 0.483 e. The molecule has 2 amide bonds. The van der Waals surface area contributed by atoms with E-state index in [0.717, 1.165) is 25.1 Å². The number of amides is 2. The molecule has 7 heteroatoms. The van der Waals surface area contributed by atoms with Gasteiger partial charge in [-0.15, -0.1) is 0 Å². The maximum absolute atomic E-state index is 10.5. The number of hydrogen-bond acceptors (Lipinski definition) is 4. The van der Waals surface area contributed by atoms with Crippen molar-refractivity contribution in [2.24, 2.45) is 0 Å². The van der Waals surface area contributed by atoms with Crippen LogP contribution in [0.5, 0.6) is 0 Å². The van der Waals surface area contributed by atoms with Crippen molar-refractivity contribution in [2.45, 2.75) is 52.6 Å². The molecule has 1 rings (SSSR count). The molecule has 1 heterocycles. The molecule has 1 aliphatic heterocycles. The molecule has 0 aromatic carbocycles. The molecule has 0 aromatic heterocycles. The van der Waals surface area contributed by atoms with Gasteiger partial charge in [0.1, 0.15) is 0 Å². The number of carboxylic acid groups (broad SMARTS) is 1. The van der Waals surface area contributed by atoms with Crippen LogP contribution < -0.4 is 10.6 Å². The zero-order chi connectivity index (χ0) is 20.8. The van der Waals surface area contributed by atoms with E-state index in [1.165, 1.54) is 6.42 Å². The predicted molar refractivity (Wildman–Crippen MR) is 107 cm³/mol. The Morgan fingerprint density at radius 3 is 2.19 bits per heavy atom. The summed E-state index contributed by atoms with van der Waals surface area (Å²) in [5.41, 5.74) is 0.743. The predicted octanol–water partition coefficient (Wildman–Crippen LogP) is 2.32. The van der Waals surface area contributed by atoms with Gasteiger partial charge in [0.2, 0.25) is 12.8 Å². The van der Waals surface area contributed by atoms with E-state index in [1.807, 2.05) is 38.8 Å². The number of nitrogens with one attached hydrogen (secondary N) is 2. The summed E-state index contributed by atoms with van der Waals surface area (Å²) in [5.74, 6) is 0. The molecule has 0 aromatic rings. The van der Waals surface area contributed by atoms with Crippen molar-refractivity contribution >= 4 is 19.3 Å². The van der Waals surface area contributed by atoms with Crippen LogP contribution in [0.4, 0.5) is 0 Å². The van der Waals surface area contributed by atoms with Crippen LogP contribution in [0.25, 0.3) is 0 Å². The fourth-order valence-corrected chi connectivity index (χ4v) is 2.04. The topological polar surface area (TPSA) is 98.7 Å². The summed E-state index contributed by atoms with van der Waals surface area (Å²) in [6.07, 6.45) is 10.8. The summed E-state index contributed by atoms with van der Waals surface area (Å²) in [5, 5.41) is 12.6. The number of carbonyl (C=O) groups excluding carboxylic acids is 2. The van der Waals surface area contributed by atoms with Crippen molar-refractivity contribution in [2.75, 3.05) is 13.6 Å². The number of nitrogens with zero attached hydrogens (tertiary/aromatic N) is 1. The van der Waals surface area contributed by atoms with E-state index in [1.54, 1.807) is 18.2 Å². The Morgan fingerprint density at radius 2 is 1.81 bits per heavy atom. The Kier molecular flexibility index (Phi) is 24.7. The third kappa shape index (κ3) is 16.4. The number of likely N-dealkylation sites (N-methyl/N-ethyl adjacent to an activating group) is 1. The molecule has 2 atom stereocenters. The highest BCUT2D eigenvalue weighted by Gasteiger charge is 2.22. The van der Waals surface area contributed by atoms with Gasteiger partial charge in [-0.2, -0.15) is 0 Å². The first kappa shape index (κ1) is 28.4. The van der Waals surface area contributed by atoms with Crippen LogP contribution in [0.15, 0.2) is 36.6 Å². The fourth-order valence-electron chi connectivity index (χ4n) is 2.04. The van der Waals surface area contributed by atoms with Crippen LogP contribution in [0.3, 0.4) is 0 Å². The molecule has 2 unspecified atom stereocenters. The fraction of sp³-hybridized carbons (Fsp3) is 0.526. The highest BCUT2D eigenvalue weighted by molar-refractivity contribution is 5.52. The van der Waals surface area contributed by atoms with Gasteiger partial charge in [-0.05, 0) is 45.9 Å². The van der Waals surface area contributed by atoms with E-state index in [0.29, 0.717) is 18.5 Å². The Balaban J connectivity index is -0.000000328. The van der Waals surface area contributed by atoms with Gasteiger partial charge in [0.25, 0.3) is 6.47 Å². The average molecular weight is 370 g/mol. The molecule has 3 N–H and O–H groups in total. The van der Waals surface area contributed by atoms with Crippen LogP contribution in [0.2, 0.25) is 0 Å². The molecule has 7 nitrogen and oxygen atoms in total. The third-order valence-corrected chi connectivity index (χ3v) is 3.34. The third-order valence-electron chi connectivity index (χ3n) is 3.34. The summed E-state index contributed by atoms with van der Waals surface area (Å²) in [6.45, 7) is 12.1. The lowest BCUT2D eigenvalue weighted by Gasteiger charge is -2.35. The van der Waals surface area contributed by atoms with Crippen molar-refractivity contribution in [3.05, 3.63) is 36.6 Å². The van der Waals surface area contributed by atoms with E-state index < -0.39 is 0 Å². The number of rotatable bonds is 6. The molecule has 0 spiro atoms. The molecule has 1 fully saturated rings. The average Bonchev–Trinajstić information content (AvgIpc) is 2.66. The Labute approximate surface area is 157 Å². The van der Waals surface area contributed by atoms with Crippen molar-refractivity contribution in [1.82, 2.24) is 15.5 Å². The van der Waals surface area contributed by atoms with Gasteiger partial charge in [0, 0.05) is 24.3 Å². The molecule has 0 radical (unpaired) electrons. The minimum absolute atomic E-state index is 0.250. The normalized spacial score (nSPS) is 18.7. The standard InChI is InChI=1S/C8H16N2O.C8H11NO.C2H6.CH2O2/c1-7-3-4-8(9-2)5-10(7)6-11;1-3-5-8(6-4-2)9-7-10;1-2;2-1-3/h6-9H,3-5H2,1-2H3;3-7H,1H2,2H3,(H,9,10);1-2H3;1H,(H,2,3)/b;6-4-,8-5+;;. The Bertz CT molecular complexity index is 423. The molecule has 0 bridgehead atoms. The maximum Gasteiger partial charge on any atom is 0.290 e. The van der Waals surface area contributed by atoms with E-state index in [-0.39, 0.29) is 6.47 Å². The van der Waals surface area contributed by atoms with Crippen molar-refractivity contribution in [3.63, 3.8) is 0 Å². The lowest BCUT2D eigenvalue weighted by molar-refractivity contribution is -0.123. The highest BCUT2D eigenvalue weighted by Crippen LogP contribution is 2.14. The molecular formula is C19H35N3O4. The van der Waals surface area contributed by atoms with Crippen LogP contribution in [0, 0.1) is 0 Å². The first-order valence-corrected chi connectivity index (χ1v) is 8.66. The van der Waals surface area contributed by atoms with Crippen molar-refractivity contribution < 1.29 is 19.5 Å². The van der Waals surface area contributed by atoms with Gasteiger partial charge in [0.15, 0.2) is 0 Å². The molecule has 1 saturated heterocycles. The lowest BCUT2D eigenvalue weighted by Crippen LogP contribution is -2.47. The summed E-state index contributed by atoms with van der Waals surface area (Å²) in [4.78, 5) is 30.7. The molecule has 150 valence electrons. The lowest BCUT2D eigenvalue weighted by atomic mass is 10.0. The summed E-state index contributed by atoms with van der Waals surface area (Å²) < 4.78 is 0. The highest BCUT2D eigenvalue weighted by atomic mass is 16.3. The second-order valence-corrected chi connectivity index (χ2v) is 4.94. The molecule has 1 aliphatic rings. The van der Waals surface area contributed by atoms with Gasteiger partial charge < -0.3 is 20.6 Å². The smallest absolute Gasteiger partial charge is 0.290 e. The molecule has 26 heavy (non-hydrogen) atoms. The first-order valence-electron chi connectivity index (χ1n) is 8.66. The second kappa shape index (κ2) is 22.6. The minimum Gasteiger partial charge on any atom is -0.483 e. The van der Waals surface area contributed by atoms with E-state index in [9.17, 15) is 9.59 Å². The SMILES string of the molecule is C=C/C=C(\C=C/C)NC=O.CC.CNC1CCC(C)N(C=O)C1.O=CO. The Morgan fingerprint density at radius 1 is 1.23 bits per heavy atom. The summed E-state index contributed by atoms with van der Waals surface area (Å²) >= 11 is 0. The van der Waals surface area contributed by atoms with Gasteiger partial charge in [-0.3, -0.25) is 14.4 Å². The zero-order valence-electron chi connectivity index (χ0n) is 16.6. The maximum atomic E-state index is 10.5. The van der Waals surface area contributed by atoms with Crippen LogP contribution in [-0.2, 0) is 14.4 Å². The van der Waals surface area contributed by atoms with Crippen LogP contribution in [-0.4, -0.2) is 55.0 Å². The van der Waals surface area contributed by atoms with E-state index >= 15 is 0 Å². The van der Waals surface area contributed by atoms with E-state index in [4.69, 9.17) is 9.90 Å². The van der Waals surface area contributed by atoms with Crippen LogP contribution in [0.1, 0.15) is 40.5 Å². The molecule has 0 saturated carbocycles. The minimum atomic E-state index is -0.250. The molecule has 0 aliphatic carbocycles.